The van der Waals surface area contributed by atoms with Gasteiger partial charge in [-0.05, 0) is 37.5 Å². The first-order valence-electron chi connectivity index (χ1n) is 6.88. The maximum atomic E-state index is 12.5. The standard InChI is InChI=1S/C14H22N2O4S/c1-4-14(5-2,6-3)16-21(19,20)12-8-7-10(15)9-11(12)13(17)18/h7-9,16H,4-6,15H2,1-3H3,(H,17,18). The summed E-state index contributed by atoms with van der Waals surface area (Å²) in [6.07, 6.45) is 1.86. The van der Waals surface area contributed by atoms with E-state index in [0.717, 1.165) is 6.07 Å². The average molecular weight is 314 g/mol. The fraction of sp³-hybridized carbons (Fsp3) is 0.500. The second kappa shape index (κ2) is 6.44. The van der Waals surface area contributed by atoms with Crippen LogP contribution in [0.25, 0.3) is 0 Å². The highest BCUT2D eigenvalue weighted by atomic mass is 32.2. The lowest BCUT2D eigenvalue weighted by Gasteiger charge is -2.31. The molecular formula is C14H22N2O4S. The van der Waals surface area contributed by atoms with E-state index in [1.54, 1.807) is 0 Å². The molecule has 0 bridgehead atoms. The van der Waals surface area contributed by atoms with E-state index in [1.165, 1.54) is 12.1 Å². The van der Waals surface area contributed by atoms with Gasteiger partial charge in [0.05, 0.1) is 10.5 Å². The van der Waals surface area contributed by atoms with Crippen LogP contribution < -0.4 is 10.5 Å². The number of carboxylic acid groups (broad SMARTS) is 1. The third kappa shape index (κ3) is 3.74. The molecule has 1 rings (SSSR count). The summed E-state index contributed by atoms with van der Waals surface area (Å²) in [5, 5.41) is 9.18. The maximum Gasteiger partial charge on any atom is 0.337 e. The van der Waals surface area contributed by atoms with Crippen molar-refractivity contribution in [1.82, 2.24) is 4.72 Å². The van der Waals surface area contributed by atoms with Crippen molar-refractivity contribution in [3.8, 4) is 0 Å². The van der Waals surface area contributed by atoms with E-state index < -0.39 is 21.5 Å². The number of nitrogens with one attached hydrogen (secondary N) is 1. The van der Waals surface area contributed by atoms with E-state index in [1.807, 2.05) is 20.8 Å². The first kappa shape index (κ1) is 17.5. The quantitative estimate of drug-likeness (QED) is 0.668. The molecule has 118 valence electrons. The number of anilines is 1. The van der Waals surface area contributed by atoms with E-state index in [9.17, 15) is 18.3 Å². The van der Waals surface area contributed by atoms with Crippen molar-refractivity contribution in [2.45, 2.75) is 50.5 Å². The van der Waals surface area contributed by atoms with Crippen LogP contribution in [0.4, 0.5) is 5.69 Å². The van der Waals surface area contributed by atoms with Crippen LogP contribution >= 0.6 is 0 Å². The molecule has 0 aliphatic carbocycles. The molecule has 0 heterocycles. The molecule has 6 nitrogen and oxygen atoms in total. The van der Waals surface area contributed by atoms with E-state index >= 15 is 0 Å². The predicted molar refractivity (Wildman–Crippen MR) is 81.7 cm³/mol. The normalized spacial score (nSPS) is 12.3. The SMILES string of the molecule is CCC(CC)(CC)NS(=O)(=O)c1ccc(N)cc1C(=O)O. The molecule has 0 unspecified atom stereocenters. The largest absolute Gasteiger partial charge is 0.478 e. The summed E-state index contributed by atoms with van der Waals surface area (Å²) in [7, 11) is -3.93. The van der Waals surface area contributed by atoms with Crippen molar-refractivity contribution >= 4 is 21.7 Å². The molecule has 21 heavy (non-hydrogen) atoms. The molecule has 0 aromatic heterocycles. The fourth-order valence-electron chi connectivity index (χ4n) is 2.26. The van der Waals surface area contributed by atoms with Gasteiger partial charge in [-0.3, -0.25) is 0 Å². The summed E-state index contributed by atoms with van der Waals surface area (Å²) < 4.78 is 27.7. The minimum Gasteiger partial charge on any atom is -0.478 e. The average Bonchev–Trinajstić information content (AvgIpc) is 2.44. The summed E-state index contributed by atoms with van der Waals surface area (Å²) in [5.41, 5.74) is 4.85. The lowest BCUT2D eigenvalue weighted by Crippen LogP contribution is -2.47. The Balaban J connectivity index is 3.35. The van der Waals surface area contributed by atoms with E-state index in [4.69, 9.17) is 5.73 Å². The van der Waals surface area contributed by atoms with Crippen LogP contribution in [0, 0.1) is 0 Å². The van der Waals surface area contributed by atoms with Gasteiger partial charge >= 0.3 is 5.97 Å². The van der Waals surface area contributed by atoms with E-state index in [-0.39, 0.29) is 16.1 Å². The number of nitrogen functional groups attached to an aromatic ring is 1. The second-order valence-corrected chi connectivity index (χ2v) is 6.66. The lowest BCUT2D eigenvalue weighted by atomic mass is 9.91. The minimum absolute atomic E-state index is 0.207. The van der Waals surface area contributed by atoms with E-state index in [2.05, 4.69) is 4.72 Å². The number of nitrogens with two attached hydrogens (primary N) is 1. The van der Waals surface area contributed by atoms with Crippen LogP contribution in [0.3, 0.4) is 0 Å². The Labute approximate surface area is 125 Å². The molecule has 0 aliphatic heterocycles. The van der Waals surface area contributed by atoms with Crippen LogP contribution in [-0.2, 0) is 10.0 Å². The Morgan fingerprint density at radius 1 is 1.24 bits per heavy atom. The summed E-state index contributed by atoms with van der Waals surface area (Å²) in [4.78, 5) is 11.0. The van der Waals surface area contributed by atoms with Crippen molar-refractivity contribution in [2.75, 3.05) is 5.73 Å². The molecule has 1 aromatic carbocycles. The zero-order chi connectivity index (χ0) is 16.3. The number of rotatable bonds is 7. The molecule has 7 heteroatoms. The number of sulfonamides is 1. The minimum atomic E-state index is -3.93. The topological polar surface area (TPSA) is 109 Å². The summed E-state index contributed by atoms with van der Waals surface area (Å²) >= 11 is 0. The van der Waals surface area contributed by atoms with Crippen LogP contribution in [0.2, 0.25) is 0 Å². The smallest absolute Gasteiger partial charge is 0.337 e. The van der Waals surface area contributed by atoms with Crippen molar-refractivity contribution in [1.29, 1.82) is 0 Å². The second-order valence-electron chi connectivity index (χ2n) is 5.01. The summed E-state index contributed by atoms with van der Waals surface area (Å²) in [6, 6.07) is 3.77. The first-order chi connectivity index (χ1) is 9.71. The summed E-state index contributed by atoms with van der Waals surface area (Å²) in [5.74, 6) is -1.32. The molecule has 0 radical (unpaired) electrons. The third-order valence-corrected chi connectivity index (χ3v) is 5.54. The van der Waals surface area contributed by atoms with Gasteiger partial charge in [-0.1, -0.05) is 20.8 Å². The lowest BCUT2D eigenvalue weighted by molar-refractivity contribution is 0.0692. The van der Waals surface area contributed by atoms with Crippen molar-refractivity contribution in [3.05, 3.63) is 23.8 Å². The van der Waals surface area contributed by atoms with Crippen molar-refractivity contribution in [3.63, 3.8) is 0 Å². The van der Waals surface area contributed by atoms with Gasteiger partial charge in [0.2, 0.25) is 10.0 Å². The van der Waals surface area contributed by atoms with Crippen LogP contribution in [0.15, 0.2) is 23.1 Å². The molecule has 0 atom stereocenters. The number of aromatic carboxylic acids is 1. The molecule has 0 saturated carbocycles. The van der Waals surface area contributed by atoms with Gasteiger partial charge in [0.1, 0.15) is 0 Å². The Morgan fingerprint density at radius 2 is 1.76 bits per heavy atom. The van der Waals surface area contributed by atoms with Gasteiger partial charge in [0.15, 0.2) is 0 Å². The van der Waals surface area contributed by atoms with Crippen molar-refractivity contribution < 1.29 is 18.3 Å². The number of hydrogen-bond donors (Lipinski definition) is 3. The molecule has 4 N–H and O–H groups in total. The van der Waals surface area contributed by atoms with Gasteiger partial charge in [0, 0.05) is 11.2 Å². The third-order valence-electron chi connectivity index (χ3n) is 3.90. The first-order valence-corrected chi connectivity index (χ1v) is 8.36. The molecule has 0 saturated heterocycles. The van der Waals surface area contributed by atoms with Crippen molar-refractivity contribution in [2.24, 2.45) is 0 Å². The van der Waals surface area contributed by atoms with E-state index in [0.29, 0.717) is 19.3 Å². The van der Waals surface area contributed by atoms with Gasteiger partial charge in [0.25, 0.3) is 0 Å². The highest BCUT2D eigenvalue weighted by Crippen LogP contribution is 2.25. The van der Waals surface area contributed by atoms with Crippen LogP contribution in [0.1, 0.15) is 50.4 Å². The number of hydrogen-bond acceptors (Lipinski definition) is 4. The maximum absolute atomic E-state index is 12.5. The Kier molecular flexibility index (Phi) is 5.36. The fourth-order valence-corrected chi connectivity index (χ4v) is 4.05. The van der Waals surface area contributed by atoms with Gasteiger partial charge in [-0.2, -0.15) is 0 Å². The van der Waals surface area contributed by atoms with Crippen LogP contribution in [-0.4, -0.2) is 25.0 Å². The molecule has 0 spiro atoms. The number of benzene rings is 1. The molecular weight excluding hydrogens is 292 g/mol. The van der Waals surface area contributed by atoms with Crippen LogP contribution in [0.5, 0.6) is 0 Å². The summed E-state index contributed by atoms with van der Waals surface area (Å²) in [6.45, 7) is 5.70. The highest BCUT2D eigenvalue weighted by Gasteiger charge is 2.32. The number of carbonyl (C=O) groups is 1. The Hall–Kier alpha value is -1.60. The van der Waals surface area contributed by atoms with Gasteiger partial charge < -0.3 is 10.8 Å². The predicted octanol–water partition coefficient (Wildman–Crippen LogP) is 2.21. The number of carboxylic acids is 1. The molecule has 0 fully saturated rings. The highest BCUT2D eigenvalue weighted by molar-refractivity contribution is 7.89. The molecule has 0 amide bonds. The molecule has 0 aliphatic rings. The molecule has 1 aromatic rings. The monoisotopic (exact) mass is 314 g/mol. The Morgan fingerprint density at radius 3 is 2.19 bits per heavy atom. The van der Waals surface area contributed by atoms with Gasteiger partial charge in [-0.25, -0.2) is 17.9 Å². The zero-order valence-corrected chi connectivity index (χ0v) is 13.3. The Bertz CT molecular complexity index is 614. The van der Waals surface area contributed by atoms with Gasteiger partial charge in [-0.15, -0.1) is 0 Å². The zero-order valence-electron chi connectivity index (χ0n) is 12.5.